The maximum Gasteiger partial charge on any atom is 0.469 e. The SMILES string of the molecule is CCCCCCCCCCCCC(CCC)C(=O)CCOP(=O)(O)O. The van der Waals surface area contributed by atoms with Gasteiger partial charge in [-0.15, -0.1) is 0 Å². The minimum Gasteiger partial charge on any atom is -0.303 e. The zero-order chi connectivity index (χ0) is 19.0. The summed E-state index contributed by atoms with van der Waals surface area (Å²) in [7, 11) is -4.47. The fraction of sp³-hybridized carbons (Fsp3) is 0.947. The summed E-state index contributed by atoms with van der Waals surface area (Å²) in [5.41, 5.74) is 0. The van der Waals surface area contributed by atoms with Crippen molar-refractivity contribution in [1.82, 2.24) is 0 Å². The van der Waals surface area contributed by atoms with Gasteiger partial charge in [0.15, 0.2) is 0 Å². The van der Waals surface area contributed by atoms with Gasteiger partial charge in [0.1, 0.15) is 5.78 Å². The van der Waals surface area contributed by atoms with Crippen LogP contribution in [0.5, 0.6) is 0 Å². The summed E-state index contributed by atoms with van der Waals surface area (Å²) in [5.74, 6) is 0.0886. The van der Waals surface area contributed by atoms with E-state index < -0.39 is 7.82 Å². The second-order valence-corrected chi connectivity index (χ2v) is 8.24. The predicted molar refractivity (Wildman–Crippen MR) is 102 cm³/mol. The number of Topliss-reactive ketones (excluding diaryl/α,β-unsaturated/α-hetero) is 1. The average molecular weight is 378 g/mol. The van der Waals surface area contributed by atoms with Gasteiger partial charge in [-0.25, -0.2) is 4.57 Å². The molecule has 0 aliphatic carbocycles. The third kappa shape index (κ3) is 17.0. The maximum absolute atomic E-state index is 12.2. The van der Waals surface area contributed by atoms with Crippen molar-refractivity contribution in [1.29, 1.82) is 0 Å². The highest BCUT2D eigenvalue weighted by Gasteiger charge is 2.19. The second-order valence-electron chi connectivity index (χ2n) is 7.00. The Balaban J connectivity index is 3.74. The van der Waals surface area contributed by atoms with Crippen molar-refractivity contribution in [2.45, 2.75) is 104 Å². The third-order valence-electron chi connectivity index (χ3n) is 4.61. The van der Waals surface area contributed by atoms with E-state index in [4.69, 9.17) is 9.79 Å². The van der Waals surface area contributed by atoms with Gasteiger partial charge in [0.2, 0.25) is 0 Å². The summed E-state index contributed by atoms with van der Waals surface area (Å²) in [4.78, 5) is 29.5. The van der Waals surface area contributed by atoms with Gasteiger partial charge >= 0.3 is 7.82 Å². The first-order chi connectivity index (χ1) is 11.9. The zero-order valence-corrected chi connectivity index (χ0v) is 17.1. The normalized spacial score (nSPS) is 13.1. The minimum absolute atomic E-state index is 0.0133. The van der Waals surface area contributed by atoms with Gasteiger partial charge in [-0.05, 0) is 12.8 Å². The number of carbonyl (C=O) groups excluding carboxylic acids is 1. The van der Waals surface area contributed by atoms with Crippen LogP contribution in [0.25, 0.3) is 0 Å². The summed E-state index contributed by atoms with van der Waals surface area (Å²) < 4.78 is 15.0. The Labute approximate surface area is 154 Å². The number of unbranched alkanes of at least 4 members (excludes halogenated alkanes) is 9. The molecule has 0 aliphatic rings. The molecule has 0 rings (SSSR count). The van der Waals surface area contributed by atoms with Crippen LogP contribution >= 0.6 is 7.82 Å². The first-order valence-corrected chi connectivity index (χ1v) is 11.7. The monoisotopic (exact) mass is 378 g/mol. The predicted octanol–water partition coefficient (Wildman–Crippen LogP) is 5.78. The maximum atomic E-state index is 12.2. The Morgan fingerprint density at radius 3 is 1.84 bits per heavy atom. The van der Waals surface area contributed by atoms with E-state index >= 15 is 0 Å². The summed E-state index contributed by atoms with van der Waals surface area (Å²) in [6.07, 6.45) is 15.6. The van der Waals surface area contributed by atoms with E-state index in [1.165, 1.54) is 57.8 Å². The number of phosphoric ester groups is 1. The number of ketones is 1. The summed E-state index contributed by atoms with van der Waals surface area (Å²) in [6.45, 7) is 4.10. The van der Waals surface area contributed by atoms with Crippen LogP contribution in [0.1, 0.15) is 104 Å². The van der Waals surface area contributed by atoms with Crippen molar-refractivity contribution in [2.24, 2.45) is 5.92 Å². The zero-order valence-electron chi connectivity index (χ0n) is 16.3. The Morgan fingerprint density at radius 2 is 1.36 bits per heavy atom. The summed E-state index contributed by atoms with van der Waals surface area (Å²) in [6, 6.07) is 0. The van der Waals surface area contributed by atoms with Crippen molar-refractivity contribution >= 4 is 13.6 Å². The van der Waals surface area contributed by atoms with Crippen LogP contribution in [0, 0.1) is 5.92 Å². The lowest BCUT2D eigenvalue weighted by atomic mass is 9.91. The first kappa shape index (κ1) is 24.8. The van der Waals surface area contributed by atoms with Crippen LogP contribution in [-0.2, 0) is 13.9 Å². The standard InChI is InChI=1S/C19H39O5P/c1-3-5-6-7-8-9-10-11-12-13-15-18(14-4-2)19(20)16-17-24-25(21,22)23/h18H,3-17H2,1-2H3,(H2,21,22,23). The van der Waals surface area contributed by atoms with Crippen molar-refractivity contribution in [3.05, 3.63) is 0 Å². The molecule has 0 fully saturated rings. The molecule has 0 saturated carbocycles. The van der Waals surface area contributed by atoms with Crippen LogP contribution in [0.15, 0.2) is 0 Å². The molecule has 25 heavy (non-hydrogen) atoms. The smallest absolute Gasteiger partial charge is 0.303 e. The topological polar surface area (TPSA) is 83.8 Å². The van der Waals surface area contributed by atoms with E-state index in [1.807, 2.05) is 0 Å². The fourth-order valence-corrected chi connectivity index (χ4v) is 3.49. The molecule has 1 unspecified atom stereocenters. The molecule has 1 atom stereocenters. The molecule has 6 heteroatoms. The molecule has 0 aromatic carbocycles. The van der Waals surface area contributed by atoms with Crippen molar-refractivity contribution in [2.75, 3.05) is 6.61 Å². The van der Waals surface area contributed by atoms with Gasteiger partial charge in [-0.2, -0.15) is 0 Å². The van der Waals surface area contributed by atoms with E-state index in [9.17, 15) is 9.36 Å². The largest absolute Gasteiger partial charge is 0.469 e. The van der Waals surface area contributed by atoms with E-state index in [0.717, 1.165) is 25.7 Å². The van der Waals surface area contributed by atoms with Gasteiger partial charge in [-0.3, -0.25) is 9.32 Å². The average Bonchev–Trinajstić information content (AvgIpc) is 2.54. The molecule has 0 aromatic rings. The number of rotatable bonds is 18. The van der Waals surface area contributed by atoms with Crippen LogP contribution in [0.2, 0.25) is 0 Å². The minimum atomic E-state index is -4.47. The molecule has 0 aromatic heterocycles. The second kappa shape index (κ2) is 16.0. The molecular weight excluding hydrogens is 339 g/mol. The van der Waals surface area contributed by atoms with Crippen LogP contribution in [-0.4, -0.2) is 22.2 Å². The molecule has 5 nitrogen and oxygen atoms in total. The van der Waals surface area contributed by atoms with Crippen molar-refractivity contribution in [3.8, 4) is 0 Å². The highest BCUT2D eigenvalue weighted by Crippen LogP contribution is 2.35. The Kier molecular flexibility index (Phi) is 15.8. The van der Waals surface area contributed by atoms with Gasteiger partial charge in [0, 0.05) is 12.3 Å². The third-order valence-corrected chi connectivity index (χ3v) is 5.13. The van der Waals surface area contributed by atoms with Gasteiger partial charge in [0.05, 0.1) is 6.61 Å². The van der Waals surface area contributed by atoms with E-state index in [0.29, 0.717) is 0 Å². The Bertz CT molecular complexity index is 367. The molecule has 0 heterocycles. The van der Waals surface area contributed by atoms with Crippen LogP contribution in [0.4, 0.5) is 0 Å². The molecule has 0 aliphatic heterocycles. The van der Waals surface area contributed by atoms with E-state index in [-0.39, 0.29) is 24.7 Å². The van der Waals surface area contributed by atoms with Gasteiger partial charge in [-0.1, -0.05) is 84.5 Å². The number of hydrogen-bond acceptors (Lipinski definition) is 3. The van der Waals surface area contributed by atoms with Crippen molar-refractivity contribution in [3.63, 3.8) is 0 Å². The molecule has 0 amide bonds. The highest BCUT2D eigenvalue weighted by atomic mass is 31.2. The lowest BCUT2D eigenvalue weighted by molar-refractivity contribution is -0.123. The molecular formula is C19H39O5P. The molecule has 150 valence electrons. The summed E-state index contributed by atoms with van der Waals surface area (Å²) in [5, 5.41) is 0. The van der Waals surface area contributed by atoms with Gasteiger partial charge in [0.25, 0.3) is 0 Å². The Hall–Kier alpha value is -0.220. The number of hydrogen-bond donors (Lipinski definition) is 2. The van der Waals surface area contributed by atoms with Crippen molar-refractivity contribution < 1.29 is 23.7 Å². The molecule has 0 radical (unpaired) electrons. The van der Waals surface area contributed by atoms with E-state index in [2.05, 4.69) is 18.4 Å². The lowest BCUT2D eigenvalue weighted by Crippen LogP contribution is -2.16. The molecule has 0 spiro atoms. The molecule has 2 N–H and O–H groups in total. The Morgan fingerprint density at radius 1 is 0.840 bits per heavy atom. The first-order valence-electron chi connectivity index (χ1n) is 10.1. The quantitative estimate of drug-likeness (QED) is 0.233. The molecule has 0 bridgehead atoms. The van der Waals surface area contributed by atoms with Crippen LogP contribution < -0.4 is 0 Å². The van der Waals surface area contributed by atoms with Crippen LogP contribution in [0.3, 0.4) is 0 Å². The number of carbonyl (C=O) groups is 1. The van der Waals surface area contributed by atoms with Gasteiger partial charge < -0.3 is 9.79 Å². The fourth-order valence-electron chi connectivity index (χ4n) is 3.16. The number of phosphoric acid groups is 1. The summed E-state index contributed by atoms with van der Waals surface area (Å²) >= 11 is 0. The lowest BCUT2D eigenvalue weighted by Gasteiger charge is -2.15. The molecule has 0 saturated heterocycles. The van der Waals surface area contributed by atoms with E-state index in [1.54, 1.807) is 0 Å². The highest BCUT2D eigenvalue weighted by molar-refractivity contribution is 7.46.